The lowest BCUT2D eigenvalue weighted by molar-refractivity contribution is 0.414. The smallest absolute Gasteiger partial charge is 0.211 e. The molecule has 0 radical (unpaired) electrons. The lowest BCUT2D eigenvalue weighted by Crippen LogP contribution is -2.22. The van der Waals surface area contributed by atoms with Crippen LogP contribution in [0.5, 0.6) is 11.5 Å². The summed E-state index contributed by atoms with van der Waals surface area (Å²) in [6.45, 7) is 0. The second kappa shape index (κ2) is 7.12. The number of hydrogen-bond acceptors (Lipinski definition) is 4. The van der Waals surface area contributed by atoms with Crippen LogP contribution in [0.1, 0.15) is 11.1 Å². The molecule has 0 aliphatic heterocycles. The highest BCUT2D eigenvalue weighted by molar-refractivity contribution is 6.13. The molecule has 6 nitrogen and oxygen atoms in total. The predicted molar refractivity (Wildman–Crippen MR) is 87.4 cm³/mol. The Bertz CT molecular complexity index is 657. The molecular formula is C16H18N4O2. The molecule has 0 aromatic heterocycles. The molecule has 0 heterocycles. The van der Waals surface area contributed by atoms with Gasteiger partial charge < -0.3 is 20.9 Å². The number of nitrogens with two attached hydrogens (primary N) is 2. The SMILES string of the molecule is COc1cccc(C(=NN=C(N)N)c2cccc(OC)c2)c1. The number of rotatable bonds is 5. The molecule has 0 fully saturated rings. The highest BCUT2D eigenvalue weighted by atomic mass is 16.5. The van der Waals surface area contributed by atoms with Crippen LogP contribution < -0.4 is 20.9 Å². The standard InChI is InChI=1S/C16H18N4O2/c1-21-13-7-3-5-11(9-13)15(19-20-16(17)18)12-6-4-8-14(10-12)22-2/h3-10H,1-2H3,(H4,17,18,20). The average Bonchev–Trinajstić information content (AvgIpc) is 2.55. The summed E-state index contributed by atoms with van der Waals surface area (Å²) in [5.74, 6) is 1.33. The van der Waals surface area contributed by atoms with Gasteiger partial charge in [-0.05, 0) is 24.3 Å². The van der Waals surface area contributed by atoms with Gasteiger partial charge in [0.25, 0.3) is 0 Å². The first-order valence-corrected chi connectivity index (χ1v) is 6.59. The minimum absolute atomic E-state index is 0.108. The number of ether oxygens (including phenoxy) is 2. The zero-order valence-electron chi connectivity index (χ0n) is 12.5. The second-order valence-electron chi connectivity index (χ2n) is 4.44. The van der Waals surface area contributed by atoms with E-state index in [1.54, 1.807) is 14.2 Å². The molecule has 0 bridgehead atoms. The van der Waals surface area contributed by atoms with Crippen LogP contribution in [0.15, 0.2) is 58.7 Å². The molecule has 114 valence electrons. The third-order valence-corrected chi connectivity index (χ3v) is 2.95. The average molecular weight is 298 g/mol. The van der Waals surface area contributed by atoms with Crippen LogP contribution in [0.4, 0.5) is 0 Å². The molecule has 2 aromatic rings. The topological polar surface area (TPSA) is 95.2 Å². The summed E-state index contributed by atoms with van der Waals surface area (Å²) in [4.78, 5) is 0. The zero-order chi connectivity index (χ0) is 15.9. The van der Waals surface area contributed by atoms with Crippen molar-refractivity contribution in [3.63, 3.8) is 0 Å². The van der Waals surface area contributed by atoms with E-state index in [2.05, 4.69) is 10.2 Å². The minimum Gasteiger partial charge on any atom is -0.497 e. The highest BCUT2D eigenvalue weighted by Gasteiger charge is 2.09. The van der Waals surface area contributed by atoms with Gasteiger partial charge in [-0.25, -0.2) is 0 Å². The summed E-state index contributed by atoms with van der Waals surface area (Å²) in [6, 6.07) is 15.0. The number of hydrogen-bond donors (Lipinski definition) is 2. The summed E-state index contributed by atoms with van der Waals surface area (Å²) in [5, 5.41) is 7.93. The Balaban J connectivity index is 2.55. The van der Waals surface area contributed by atoms with Gasteiger partial charge in [0.2, 0.25) is 5.96 Å². The van der Waals surface area contributed by atoms with Crippen molar-refractivity contribution in [2.75, 3.05) is 14.2 Å². The van der Waals surface area contributed by atoms with Crippen LogP contribution in [-0.2, 0) is 0 Å². The van der Waals surface area contributed by atoms with Gasteiger partial charge in [0, 0.05) is 11.1 Å². The summed E-state index contributed by atoms with van der Waals surface area (Å²) >= 11 is 0. The minimum atomic E-state index is -0.108. The third kappa shape index (κ3) is 3.76. The van der Waals surface area contributed by atoms with E-state index >= 15 is 0 Å². The lowest BCUT2D eigenvalue weighted by atomic mass is 10.0. The largest absolute Gasteiger partial charge is 0.497 e. The fourth-order valence-electron chi connectivity index (χ4n) is 1.93. The quantitative estimate of drug-likeness (QED) is 0.499. The Hall–Kier alpha value is -3.02. The molecule has 0 aliphatic carbocycles. The Morgan fingerprint density at radius 2 is 1.32 bits per heavy atom. The lowest BCUT2D eigenvalue weighted by Gasteiger charge is -2.09. The van der Waals surface area contributed by atoms with Crippen molar-refractivity contribution in [3.8, 4) is 11.5 Å². The molecule has 2 rings (SSSR count). The van der Waals surface area contributed by atoms with Gasteiger partial charge in [-0.1, -0.05) is 24.3 Å². The van der Waals surface area contributed by atoms with E-state index in [-0.39, 0.29) is 5.96 Å². The van der Waals surface area contributed by atoms with Crippen LogP contribution >= 0.6 is 0 Å². The predicted octanol–water partition coefficient (Wildman–Crippen LogP) is 1.73. The Morgan fingerprint density at radius 3 is 1.73 bits per heavy atom. The molecule has 4 N–H and O–H groups in total. The summed E-state index contributed by atoms with van der Waals surface area (Å²) in [7, 11) is 3.22. The zero-order valence-corrected chi connectivity index (χ0v) is 12.5. The molecule has 0 spiro atoms. The normalized spacial score (nSPS) is 9.73. The molecular weight excluding hydrogens is 280 g/mol. The van der Waals surface area contributed by atoms with Crippen molar-refractivity contribution in [3.05, 3.63) is 59.7 Å². The van der Waals surface area contributed by atoms with Crippen LogP contribution in [0.2, 0.25) is 0 Å². The first-order valence-electron chi connectivity index (χ1n) is 6.59. The second-order valence-corrected chi connectivity index (χ2v) is 4.44. The van der Waals surface area contributed by atoms with E-state index in [4.69, 9.17) is 20.9 Å². The first-order chi connectivity index (χ1) is 10.6. The van der Waals surface area contributed by atoms with Crippen molar-refractivity contribution in [1.29, 1.82) is 0 Å². The van der Waals surface area contributed by atoms with Crippen molar-refractivity contribution in [1.82, 2.24) is 0 Å². The molecule has 0 saturated heterocycles. The van der Waals surface area contributed by atoms with Crippen molar-refractivity contribution in [2.24, 2.45) is 21.7 Å². The van der Waals surface area contributed by atoms with E-state index in [1.807, 2.05) is 48.5 Å². The maximum Gasteiger partial charge on any atom is 0.211 e. The van der Waals surface area contributed by atoms with Gasteiger partial charge in [0.05, 0.1) is 14.2 Å². The highest BCUT2D eigenvalue weighted by Crippen LogP contribution is 2.20. The van der Waals surface area contributed by atoms with E-state index in [0.717, 1.165) is 22.6 Å². The molecule has 0 aliphatic rings. The van der Waals surface area contributed by atoms with E-state index in [9.17, 15) is 0 Å². The fraction of sp³-hybridized carbons (Fsp3) is 0.125. The van der Waals surface area contributed by atoms with E-state index in [1.165, 1.54) is 0 Å². The van der Waals surface area contributed by atoms with Gasteiger partial charge in [-0.3, -0.25) is 0 Å². The number of methoxy groups -OCH3 is 2. The van der Waals surface area contributed by atoms with Gasteiger partial charge in [0.1, 0.15) is 17.2 Å². The van der Waals surface area contributed by atoms with Crippen molar-refractivity contribution < 1.29 is 9.47 Å². The maximum absolute atomic E-state index is 5.38. The van der Waals surface area contributed by atoms with Gasteiger partial charge in [-0.15, -0.1) is 10.2 Å². The van der Waals surface area contributed by atoms with Gasteiger partial charge in [-0.2, -0.15) is 0 Å². The summed E-state index contributed by atoms with van der Waals surface area (Å²) in [5.41, 5.74) is 13.0. The number of benzene rings is 2. The third-order valence-electron chi connectivity index (χ3n) is 2.95. The first kappa shape index (κ1) is 15.4. The summed E-state index contributed by atoms with van der Waals surface area (Å²) < 4.78 is 10.5. The van der Waals surface area contributed by atoms with Gasteiger partial charge >= 0.3 is 0 Å². The number of guanidine groups is 1. The molecule has 22 heavy (non-hydrogen) atoms. The fourth-order valence-corrected chi connectivity index (χ4v) is 1.93. The van der Waals surface area contributed by atoms with Crippen LogP contribution in [0.25, 0.3) is 0 Å². The van der Waals surface area contributed by atoms with Crippen LogP contribution in [0.3, 0.4) is 0 Å². The van der Waals surface area contributed by atoms with Crippen molar-refractivity contribution >= 4 is 11.7 Å². The molecule has 0 saturated carbocycles. The monoisotopic (exact) mass is 298 g/mol. The Kier molecular flexibility index (Phi) is 4.98. The Morgan fingerprint density at radius 1 is 0.818 bits per heavy atom. The molecule has 2 aromatic carbocycles. The molecule has 0 atom stereocenters. The van der Waals surface area contributed by atoms with E-state index in [0.29, 0.717) is 5.71 Å². The maximum atomic E-state index is 5.38. The van der Waals surface area contributed by atoms with Crippen LogP contribution in [-0.4, -0.2) is 25.9 Å². The molecule has 0 amide bonds. The molecule has 6 heteroatoms. The van der Waals surface area contributed by atoms with Crippen LogP contribution in [0, 0.1) is 0 Å². The molecule has 0 unspecified atom stereocenters. The van der Waals surface area contributed by atoms with Crippen molar-refractivity contribution in [2.45, 2.75) is 0 Å². The number of nitrogens with zero attached hydrogens (tertiary/aromatic N) is 2. The summed E-state index contributed by atoms with van der Waals surface area (Å²) in [6.07, 6.45) is 0. The Labute approximate surface area is 129 Å². The van der Waals surface area contributed by atoms with E-state index < -0.39 is 0 Å². The van der Waals surface area contributed by atoms with Gasteiger partial charge in [0.15, 0.2) is 0 Å².